The van der Waals surface area contributed by atoms with E-state index in [1.807, 2.05) is 0 Å². The van der Waals surface area contributed by atoms with Crippen LogP contribution >= 0.6 is 15.4 Å². The lowest BCUT2D eigenvalue weighted by molar-refractivity contribution is -0.153. The van der Waals surface area contributed by atoms with E-state index in [9.17, 15) is 27.2 Å². The number of hydrogen-bond acceptors (Lipinski definition) is 7. The van der Waals surface area contributed by atoms with E-state index in [1.165, 1.54) is 20.8 Å². The summed E-state index contributed by atoms with van der Waals surface area (Å²) in [5, 5.41) is -1.18. The summed E-state index contributed by atoms with van der Waals surface area (Å²) in [6.45, 7) is 3.59. The van der Waals surface area contributed by atoms with Crippen LogP contribution in [-0.2, 0) is 33.1 Å². The van der Waals surface area contributed by atoms with E-state index in [2.05, 4.69) is 4.31 Å². The molecule has 0 saturated carbocycles. The molecule has 0 rings (SSSR count). The molecule has 0 bridgehead atoms. The van der Waals surface area contributed by atoms with Crippen LogP contribution in [0.15, 0.2) is 0 Å². The monoisotopic (exact) mass is 412 g/mol. The molecule has 0 aliphatic carbocycles. The maximum absolute atomic E-state index is 11.9. The van der Waals surface area contributed by atoms with Crippen molar-refractivity contribution in [1.82, 2.24) is 0 Å². The molecule has 0 radical (unpaired) electrons. The van der Waals surface area contributed by atoms with Crippen molar-refractivity contribution in [2.75, 3.05) is 12.8 Å². The standard InChI is InChI=1S/C10H22O11P2S/c1-4-8(24(17,18)19)7-10(2,3)9(11)20-5-6-22(12,13)21-23(14,15)16/h8H,4-7H2,1-3H3,(H,12,13)(H2,14,15,16)(H,17,18,19). The first-order valence-corrected chi connectivity index (χ1v) is 11.5. The van der Waals surface area contributed by atoms with Crippen LogP contribution in [0.1, 0.15) is 33.6 Å². The summed E-state index contributed by atoms with van der Waals surface area (Å²) in [5.74, 6) is -0.902. The Balaban J connectivity index is 4.71. The van der Waals surface area contributed by atoms with E-state index in [1.54, 1.807) is 0 Å². The van der Waals surface area contributed by atoms with Gasteiger partial charge in [-0.25, -0.2) is 8.88 Å². The SMILES string of the molecule is CCC(CC(C)(C)C(=O)OCCP(=O)(O)OP(=O)(O)O)S(=O)(=O)O. The second kappa shape index (κ2) is 8.37. The van der Waals surface area contributed by atoms with Gasteiger partial charge in [-0.05, 0) is 26.7 Å². The fourth-order valence-electron chi connectivity index (χ4n) is 1.77. The average molecular weight is 412 g/mol. The van der Waals surface area contributed by atoms with E-state index < -0.39 is 54.9 Å². The average Bonchev–Trinajstić information content (AvgIpc) is 2.31. The molecule has 0 spiro atoms. The van der Waals surface area contributed by atoms with Crippen molar-refractivity contribution in [2.45, 2.75) is 38.9 Å². The zero-order valence-electron chi connectivity index (χ0n) is 13.4. The number of carbonyl (C=O) groups is 1. The topological polar surface area (TPSA) is 185 Å². The van der Waals surface area contributed by atoms with Crippen molar-refractivity contribution in [3.8, 4) is 0 Å². The normalized spacial score (nSPS) is 17.1. The molecular weight excluding hydrogens is 390 g/mol. The van der Waals surface area contributed by atoms with E-state index in [0.717, 1.165) is 0 Å². The number of ether oxygens (including phenoxy) is 1. The Kier molecular flexibility index (Phi) is 8.26. The van der Waals surface area contributed by atoms with Crippen LogP contribution in [-0.4, -0.2) is 51.6 Å². The van der Waals surface area contributed by atoms with Gasteiger partial charge in [0.05, 0.1) is 16.8 Å². The van der Waals surface area contributed by atoms with Crippen molar-refractivity contribution in [3.63, 3.8) is 0 Å². The molecule has 0 aromatic heterocycles. The fourth-order valence-corrected chi connectivity index (χ4v) is 4.80. The van der Waals surface area contributed by atoms with Crippen LogP contribution in [0.3, 0.4) is 0 Å². The summed E-state index contributed by atoms with van der Waals surface area (Å²) in [6, 6.07) is 0. The molecule has 0 amide bonds. The number of hydrogen-bond donors (Lipinski definition) is 4. The van der Waals surface area contributed by atoms with Gasteiger partial charge in [0.25, 0.3) is 10.1 Å². The van der Waals surface area contributed by atoms with E-state index in [-0.39, 0.29) is 12.8 Å². The first kappa shape index (κ1) is 23.7. The van der Waals surface area contributed by atoms with Gasteiger partial charge in [-0.1, -0.05) is 6.92 Å². The van der Waals surface area contributed by atoms with E-state index >= 15 is 0 Å². The second-order valence-electron chi connectivity index (χ2n) is 5.70. The molecule has 2 atom stereocenters. The van der Waals surface area contributed by atoms with Crippen molar-refractivity contribution in [1.29, 1.82) is 0 Å². The summed E-state index contributed by atoms with van der Waals surface area (Å²) in [5.41, 5.74) is -1.32. The number of carbonyl (C=O) groups excluding carboxylic acids is 1. The minimum absolute atomic E-state index is 0.0670. The van der Waals surface area contributed by atoms with Gasteiger partial charge < -0.3 is 19.4 Å². The summed E-state index contributed by atoms with van der Waals surface area (Å²) in [7, 11) is -14.2. The molecule has 14 heteroatoms. The fraction of sp³-hybridized carbons (Fsp3) is 0.900. The Morgan fingerprint density at radius 2 is 1.71 bits per heavy atom. The third-order valence-electron chi connectivity index (χ3n) is 3.01. The van der Waals surface area contributed by atoms with Gasteiger partial charge in [0.15, 0.2) is 0 Å². The van der Waals surface area contributed by atoms with Gasteiger partial charge in [-0.2, -0.15) is 8.42 Å². The highest BCUT2D eigenvalue weighted by Crippen LogP contribution is 2.56. The number of rotatable bonds is 10. The van der Waals surface area contributed by atoms with Gasteiger partial charge in [0, 0.05) is 0 Å². The molecule has 0 aliphatic rings. The first-order chi connectivity index (χ1) is 10.5. The Labute approximate surface area is 139 Å². The van der Waals surface area contributed by atoms with Gasteiger partial charge >= 0.3 is 21.4 Å². The minimum atomic E-state index is -5.17. The molecule has 0 aliphatic heterocycles. The molecule has 144 valence electrons. The first-order valence-electron chi connectivity index (χ1n) is 6.72. The van der Waals surface area contributed by atoms with Crippen molar-refractivity contribution in [3.05, 3.63) is 0 Å². The van der Waals surface area contributed by atoms with Crippen LogP contribution in [0.4, 0.5) is 0 Å². The maximum atomic E-state index is 11.9. The smallest absolute Gasteiger partial charge is 0.465 e. The Morgan fingerprint density at radius 1 is 1.21 bits per heavy atom. The highest BCUT2D eigenvalue weighted by Gasteiger charge is 2.37. The molecule has 0 saturated heterocycles. The van der Waals surface area contributed by atoms with Crippen LogP contribution in [0.5, 0.6) is 0 Å². The predicted molar refractivity (Wildman–Crippen MR) is 82.8 cm³/mol. The Bertz CT molecular complexity index is 635. The van der Waals surface area contributed by atoms with Crippen molar-refractivity contribution < 1.29 is 50.6 Å². The molecule has 0 aromatic carbocycles. The quantitative estimate of drug-likeness (QED) is 0.227. The molecule has 4 N–H and O–H groups in total. The molecule has 0 heterocycles. The van der Waals surface area contributed by atoms with Gasteiger partial charge in [0.2, 0.25) is 0 Å². The highest BCUT2D eigenvalue weighted by atomic mass is 32.2. The summed E-state index contributed by atoms with van der Waals surface area (Å²) >= 11 is 0. The summed E-state index contributed by atoms with van der Waals surface area (Å²) in [6.07, 6.45) is -1.02. The lowest BCUT2D eigenvalue weighted by Crippen LogP contribution is -2.34. The Hall–Kier alpha value is -0.320. The minimum Gasteiger partial charge on any atom is -0.465 e. The van der Waals surface area contributed by atoms with Crippen LogP contribution in [0.2, 0.25) is 0 Å². The lowest BCUT2D eigenvalue weighted by atomic mass is 9.87. The maximum Gasteiger partial charge on any atom is 0.476 e. The second-order valence-corrected chi connectivity index (χ2v) is 10.8. The third-order valence-corrected chi connectivity index (χ3v) is 6.97. The lowest BCUT2D eigenvalue weighted by Gasteiger charge is -2.26. The van der Waals surface area contributed by atoms with Crippen LogP contribution < -0.4 is 0 Å². The summed E-state index contributed by atoms with van der Waals surface area (Å²) in [4.78, 5) is 38.1. The molecular formula is C10H22O11P2S. The van der Waals surface area contributed by atoms with Crippen molar-refractivity contribution in [2.24, 2.45) is 5.41 Å². The number of phosphoric acid groups is 1. The molecule has 24 heavy (non-hydrogen) atoms. The molecule has 0 fully saturated rings. The van der Waals surface area contributed by atoms with Gasteiger partial charge in [-0.15, -0.1) is 0 Å². The number of esters is 1. The van der Waals surface area contributed by atoms with Crippen LogP contribution in [0.25, 0.3) is 0 Å². The Morgan fingerprint density at radius 3 is 2.08 bits per heavy atom. The highest BCUT2D eigenvalue weighted by molar-refractivity contribution is 7.86. The zero-order valence-corrected chi connectivity index (χ0v) is 16.0. The summed E-state index contributed by atoms with van der Waals surface area (Å²) < 4.78 is 61.7. The molecule has 11 nitrogen and oxygen atoms in total. The van der Waals surface area contributed by atoms with Gasteiger partial charge in [-0.3, -0.25) is 13.9 Å². The van der Waals surface area contributed by atoms with Crippen molar-refractivity contribution >= 4 is 31.5 Å². The van der Waals surface area contributed by atoms with E-state index in [4.69, 9.17) is 19.1 Å². The molecule has 2 unspecified atom stereocenters. The van der Waals surface area contributed by atoms with Gasteiger partial charge in [0.1, 0.15) is 6.61 Å². The van der Waals surface area contributed by atoms with Crippen LogP contribution in [0, 0.1) is 5.41 Å². The zero-order chi connectivity index (χ0) is 19.4. The predicted octanol–water partition coefficient (Wildman–Crippen LogP) is 0.907. The van der Waals surface area contributed by atoms with E-state index in [0.29, 0.717) is 0 Å². The molecule has 0 aromatic rings. The largest absolute Gasteiger partial charge is 0.476 e. The third kappa shape index (κ3) is 9.24.